The van der Waals surface area contributed by atoms with Gasteiger partial charge in [0.1, 0.15) is 13.2 Å². The minimum absolute atomic E-state index is 0.552. The Bertz CT molecular complexity index is 110. The summed E-state index contributed by atoms with van der Waals surface area (Å²) in [5.41, 5.74) is 0. The highest BCUT2D eigenvalue weighted by Gasteiger charge is 2.07. The van der Waals surface area contributed by atoms with Gasteiger partial charge in [0.15, 0.2) is 11.5 Å². The van der Waals surface area contributed by atoms with Gasteiger partial charge in [0.2, 0.25) is 0 Å². The van der Waals surface area contributed by atoms with Crippen molar-refractivity contribution in [2.24, 2.45) is 0 Å². The van der Waals surface area contributed by atoms with Crippen LogP contribution >= 0.6 is 0 Å². The summed E-state index contributed by atoms with van der Waals surface area (Å²) in [6, 6.07) is 0. The maximum Gasteiger partial charge on any atom is 0.153 e. The molecule has 8 heavy (non-hydrogen) atoms. The van der Waals surface area contributed by atoms with E-state index in [0.717, 1.165) is 0 Å². The topological polar surface area (TPSA) is 18.5 Å². The molecule has 1 rings (SSSR count). The van der Waals surface area contributed by atoms with Crippen LogP contribution in [0.5, 0.6) is 0 Å². The van der Waals surface area contributed by atoms with Crippen molar-refractivity contribution in [1.29, 1.82) is 0 Å². The molecule has 1 aliphatic heterocycles. The highest BCUT2D eigenvalue weighted by atomic mass is 16.6. The Morgan fingerprint density at radius 1 is 1.00 bits per heavy atom. The van der Waals surface area contributed by atoms with E-state index in [4.69, 9.17) is 9.47 Å². The fraction of sp³-hybridized carbons (Fsp3) is 0.333. The molecule has 0 unspecified atom stereocenters. The second-order valence-electron chi connectivity index (χ2n) is 1.54. The molecular formula is C6H8O2. The van der Waals surface area contributed by atoms with E-state index in [9.17, 15) is 0 Å². The van der Waals surface area contributed by atoms with E-state index in [1.165, 1.54) is 0 Å². The van der Waals surface area contributed by atoms with Crippen LogP contribution in [0.15, 0.2) is 24.7 Å². The SMILES string of the molecule is C=C1OCCOC1=C. The summed E-state index contributed by atoms with van der Waals surface area (Å²) in [4.78, 5) is 0. The number of hydrogen-bond donors (Lipinski definition) is 0. The normalized spacial score (nSPS) is 19.5. The summed E-state index contributed by atoms with van der Waals surface area (Å²) in [5, 5.41) is 0. The molecule has 1 aliphatic rings. The molecule has 0 aromatic rings. The van der Waals surface area contributed by atoms with Gasteiger partial charge in [-0.05, 0) is 0 Å². The molecule has 0 bridgehead atoms. The van der Waals surface area contributed by atoms with E-state index in [1.807, 2.05) is 0 Å². The van der Waals surface area contributed by atoms with E-state index < -0.39 is 0 Å². The molecule has 0 atom stereocenters. The predicted octanol–water partition coefficient (Wildman–Crippen LogP) is 1.06. The van der Waals surface area contributed by atoms with Crippen LogP contribution in [0.4, 0.5) is 0 Å². The van der Waals surface area contributed by atoms with Gasteiger partial charge in [-0.25, -0.2) is 0 Å². The zero-order valence-corrected chi connectivity index (χ0v) is 4.64. The van der Waals surface area contributed by atoms with E-state index in [-0.39, 0.29) is 0 Å². The van der Waals surface area contributed by atoms with E-state index in [2.05, 4.69) is 13.2 Å². The number of rotatable bonds is 0. The molecule has 1 heterocycles. The Morgan fingerprint density at radius 2 is 1.38 bits per heavy atom. The predicted molar refractivity (Wildman–Crippen MR) is 30.2 cm³/mol. The Morgan fingerprint density at radius 3 is 1.62 bits per heavy atom. The lowest BCUT2D eigenvalue weighted by Gasteiger charge is -2.17. The molecule has 0 aromatic carbocycles. The summed E-state index contributed by atoms with van der Waals surface area (Å²) >= 11 is 0. The fourth-order valence-electron chi connectivity index (χ4n) is 0.491. The van der Waals surface area contributed by atoms with Gasteiger partial charge in [0.25, 0.3) is 0 Å². The second-order valence-corrected chi connectivity index (χ2v) is 1.54. The third kappa shape index (κ3) is 0.832. The average molecular weight is 112 g/mol. The lowest BCUT2D eigenvalue weighted by atomic mass is 10.4. The zero-order chi connectivity index (χ0) is 5.98. The van der Waals surface area contributed by atoms with E-state index >= 15 is 0 Å². The van der Waals surface area contributed by atoms with Crippen molar-refractivity contribution in [3.05, 3.63) is 24.7 Å². The largest absolute Gasteiger partial charge is 0.487 e. The van der Waals surface area contributed by atoms with Gasteiger partial charge in [-0.1, -0.05) is 13.2 Å². The van der Waals surface area contributed by atoms with Crippen molar-refractivity contribution in [3.8, 4) is 0 Å². The Hall–Kier alpha value is -0.920. The number of hydrogen-bond acceptors (Lipinski definition) is 2. The lowest BCUT2D eigenvalue weighted by Crippen LogP contribution is -2.11. The summed E-state index contributed by atoms with van der Waals surface area (Å²) < 4.78 is 9.94. The average Bonchev–Trinajstić information content (AvgIpc) is 1.77. The molecule has 2 heteroatoms. The summed E-state index contributed by atoms with van der Waals surface area (Å²) in [6.07, 6.45) is 0. The van der Waals surface area contributed by atoms with Crippen molar-refractivity contribution in [2.45, 2.75) is 0 Å². The first-order valence-electron chi connectivity index (χ1n) is 2.44. The molecule has 0 spiro atoms. The van der Waals surface area contributed by atoms with Crippen LogP contribution in [0, 0.1) is 0 Å². The minimum Gasteiger partial charge on any atom is -0.487 e. The van der Waals surface area contributed by atoms with Crippen LogP contribution < -0.4 is 0 Å². The van der Waals surface area contributed by atoms with Gasteiger partial charge < -0.3 is 9.47 Å². The third-order valence-corrected chi connectivity index (χ3v) is 0.947. The van der Waals surface area contributed by atoms with Crippen LogP contribution in [0.2, 0.25) is 0 Å². The summed E-state index contributed by atoms with van der Waals surface area (Å²) in [5.74, 6) is 1.10. The molecule has 0 aliphatic carbocycles. The van der Waals surface area contributed by atoms with Crippen molar-refractivity contribution in [2.75, 3.05) is 13.2 Å². The van der Waals surface area contributed by atoms with Crippen LogP contribution in [0.1, 0.15) is 0 Å². The van der Waals surface area contributed by atoms with Gasteiger partial charge in [-0.15, -0.1) is 0 Å². The molecule has 2 nitrogen and oxygen atoms in total. The van der Waals surface area contributed by atoms with Gasteiger partial charge in [0, 0.05) is 0 Å². The van der Waals surface area contributed by atoms with Crippen LogP contribution in [0.25, 0.3) is 0 Å². The van der Waals surface area contributed by atoms with E-state index in [1.54, 1.807) is 0 Å². The Kier molecular flexibility index (Phi) is 1.24. The first-order chi connectivity index (χ1) is 3.80. The lowest BCUT2D eigenvalue weighted by molar-refractivity contribution is 0.0614. The van der Waals surface area contributed by atoms with Crippen LogP contribution in [-0.2, 0) is 9.47 Å². The van der Waals surface area contributed by atoms with Crippen LogP contribution in [0.3, 0.4) is 0 Å². The highest BCUT2D eigenvalue weighted by molar-refractivity contribution is 5.13. The molecule has 1 saturated heterocycles. The Balaban J connectivity index is 2.52. The highest BCUT2D eigenvalue weighted by Crippen LogP contribution is 2.12. The quantitative estimate of drug-likeness (QED) is 0.466. The second kappa shape index (κ2) is 1.90. The maximum absolute atomic E-state index is 4.97. The standard InChI is InChI=1S/C6H8O2/c1-5-6(2)8-4-3-7-5/h1-4H2. The van der Waals surface area contributed by atoms with Crippen LogP contribution in [-0.4, -0.2) is 13.2 Å². The van der Waals surface area contributed by atoms with E-state index in [0.29, 0.717) is 24.7 Å². The molecule has 1 fully saturated rings. The molecule has 0 N–H and O–H groups in total. The maximum atomic E-state index is 4.97. The summed E-state index contributed by atoms with van der Waals surface area (Å²) in [6.45, 7) is 8.29. The van der Waals surface area contributed by atoms with Gasteiger partial charge >= 0.3 is 0 Å². The minimum atomic E-state index is 0.552. The monoisotopic (exact) mass is 112 g/mol. The van der Waals surface area contributed by atoms with Crippen molar-refractivity contribution in [1.82, 2.24) is 0 Å². The molecule has 0 aromatic heterocycles. The first-order valence-corrected chi connectivity index (χ1v) is 2.44. The van der Waals surface area contributed by atoms with Gasteiger partial charge in [-0.3, -0.25) is 0 Å². The van der Waals surface area contributed by atoms with Crippen molar-refractivity contribution < 1.29 is 9.47 Å². The molecular weight excluding hydrogens is 104 g/mol. The molecule has 0 amide bonds. The van der Waals surface area contributed by atoms with Gasteiger partial charge in [-0.2, -0.15) is 0 Å². The van der Waals surface area contributed by atoms with Crippen molar-refractivity contribution in [3.63, 3.8) is 0 Å². The smallest absolute Gasteiger partial charge is 0.153 e. The Labute approximate surface area is 48.4 Å². The van der Waals surface area contributed by atoms with Gasteiger partial charge in [0.05, 0.1) is 0 Å². The number of ether oxygens (including phenoxy) is 2. The fourth-order valence-corrected chi connectivity index (χ4v) is 0.491. The van der Waals surface area contributed by atoms with Crippen molar-refractivity contribution >= 4 is 0 Å². The third-order valence-electron chi connectivity index (χ3n) is 0.947. The summed E-state index contributed by atoms with van der Waals surface area (Å²) in [7, 11) is 0. The molecule has 44 valence electrons. The molecule has 0 radical (unpaired) electrons. The molecule has 0 saturated carbocycles. The first kappa shape index (κ1) is 5.22. The zero-order valence-electron chi connectivity index (χ0n) is 4.64.